The summed E-state index contributed by atoms with van der Waals surface area (Å²) in [4.78, 5) is 26.8. The topological polar surface area (TPSA) is 70.7 Å². The zero-order valence-corrected chi connectivity index (χ0v) is 19.1. The molecule has 2 aromatic rings. The summed E-state index contributed by atoms with van der Waals surface area (Å²) in [7, 11) is 0. The summed E-state index contributed by atoms with van der Waals surface area (Å²) < 4.78 is 18.6. The van der Waals surface area contributed by atoms with Gasteiger partial charge in [0, 0.05) is 19.1 Å². The molecule has 4 rings (SSSR count). The predicted molar refractivity (Wildman–Crippen MR) is 124 cm³/mol. The van der Waals surface area contributed by atoms with Gasteiger partial charge in [0.15, 0.2) is 0 Å². The van der Waals surface area contributed by atoms with E-state index in [2.05, 4.69) is 23.6 Å². The second-order valence-electron chi connectivity index (χ2n) is 8.95. The molecule has 1 heterocycles. The van der Waals surface area contributed by atoms with Crippen LogP contribution < -0.4 is 10.6 Å². The largest absolute Gasteiger partial charge is 0.450 e. The van der Waals surface area contributed by atoms with E-state index < -0.39 is 0 Å². The van der Waals surface area contributed by atoms with Crippen LogP contribution in [0.25, 0.3) is 0 Å². The third kappa shape index (κ3) is 5.64. The van der Waals surface area contributed by atoms with E-state index >= 15 is 0 Å². The van der Waals surface area contributed by atoms with Crippen LogP contribution in [0.4, 0.5) is 14.0 Å². The first-order valence-corrected chi connectivity index (χ1v) is 11.9. The van der Waals surface area contributed by atoms with Crippen molar-refractivity contribution in [1.29, 1.82) is 0 Å². The van der Waals surface area contributed by atoms with Crippen LogP contribution in [-0.2, 0) is 11.2 Å². The molecule has 0 radical (unpaired) electrons. The van der Waals surface area contributed by atoms with Crippen LogP contribution in [0.2, 0.25) is 0 Å². The normalized spacial score (nSPS) is 21.5. The number of nitrogens with zero attached hydrogens (tertiary/aromatic N) is 1. The molecule has 1 aliphatic carbocycles. The van der Waals surface area contributed by atoms with Crippen molar-refractivity contribution >= 4 is 12.1 Å². The molecule has 2 N–H and O–H groups in total. The number of unbranched alkanes of at least 4 members (excludes halogenated alkanes) is 1. The van der Waals surface area contributed by atoms with Crippen molar-refractivity contribution in [2.45, 2.75) is 51.1 Å². The number of urea groups is 1. The van der Waals surface area contributed by atoms with Gasteiger partial charge in [-0.2, -0.15) is 0 Å². The SMILES string of the molecule is CCCCOC(=O)NC[C@H]1C[C@@H](NC(=O)N2CCc3ccccc3[C@@H]2c2ccc(F)cc2)C1. The van der Waals surface area contributed by atoms with Crippen LogP contribution in [0.5, 0.6) is 0 Å². The molecular formula is C26H32FN3O3. The van der Waals surface area contributed by atoms with Crippen LogP contribution in [0, 0.1) is 11.7 Å². The minimum atomic E-state index is -0.370. The van der Waals surface area contributed by atoms with Gasteiger partial charge in [-0.05, 0) is 60.4 Å². The van der Waals surface area contributed by atoms with Gasteiger partial charge in [0.2, 0.25) is 0 Å². The van der Waals surface area contributed by atoms with E-state index in [1.54, 1.807) is 12.1 Å². The molecule has 6 nitrogen and oxygen atoms in total. The monoisotopic (exact) mass is 453 g/mol. The first kappa shape index (κ1) is 23.1. The summed E-state index contributed by atoms with van der Waals surface area (Å²) in [6, 6.07) is 14.3. The van der Waals surface area contributed by atoms with Gasteiger partial charge in [-0.15, -0.1) is 0 Å². The number of hydrogen-bond acceptors (Lipinski definition) is 3. The Morgan fingerprint density at radius 1 is 1.12 bits per heavy atom. The molecule has 2 aliphatic rings. The maximum atomic E-state index is 13.5. The van der Waals surface area contributed by atoms with Gasteiger partial charge in [0.05, 0.1) is 12.6 Å². The Labute approximate surface area is 194 Å². The Morgan fingerprint density at radius 2 is 1.88 bits per heavy atom. The molecule has 33 heavy (non-hydrogen) atoms. The van der Waals surface area contributed by atoms with Crippen molar-refractivity contribution < 1.29 is 18.7 Å². The van der Waals surface area contributed by atoms with Crippen LogP contribution in [0.15, 0.2) is 48.5 Å². The molecular weight excluding hydrogens is 421 g/mol. The zero-order chi connectivity index (χ0) is 23.2. The molecule has 0 unspecified atom stereocenters. The van der Waals surface area contributed by atoms with Crippen molar-refractivity contribution in [3.8, 4) is 0 Å². The number of halogens is 1. The zero-order valence-electron chi connectivity index (χ0n) is 19.1. The highest BCUT2D eigenvalue weighted by atomic mass is 19.1. The third-order valence-corrected chi connectivity index (χ3v) is 6.56. The second kappa shape index (κ2) is 10.7. The summed E-state index contributed by atoms with van der Waals surface area (Å²) in [5.74, 6) is 0.0474. The molecule has 0 saturated heterocycles. The number of hydrogen-bond donors (Lipinski definition) is 2. The Morgan fingerprint density at radius 3 is 2.64 bits per heavy atom. The fourth-order valence-corrected chi connectivity index (χ4v) is 4.66. The molecule has 7 heteroatoms. The van der Waals surface area contributed by atoms with E-state index in [1.807, 2.05) is 23.1 Å². The Kier molecular flexibility index (Phi) is 7.47. The fraction of sp³-hybridized carbons (Fsp3) is 0.462. The molecule has 1 saturated carbocycles. The van der Waals surface area contributed by atoms with Crippen molar-refractivity contribution in [3.63, 3.8) is 0 Å². The molecule has 0 aromatic heterocycles. The molecule has 0 spiro atoms. The third-order valence-electron chi connectivity index (χ3n) is 6.56. The quantitative estimate of drug-likeness (QED) is 0.593. The molecule has 3 amide bonds. The summed E-state index contributed by atoms with van der Waals surface area (Å²) >= 11 is 0. The van der Waals surface area contributed by atoms with Crippen molar-refractivity contribution in [2.24, 2.45) is 5.92 Å². The lowest BCUT2D eigenvalue weighted by molar-refractivity contribution is 0.134. The van der Waals surface area contributed by atoms with Gasteiger partial charge >= 0.3 is 12.1 Å². The molecule has 1 fully saturated rings. The van der Waals surface area contributed by atoms with Crippen LogP contribution >= 0.6 is 0 Å². The number of amides is 3. The molecule has 1 aliphatic heterocycles. The average molecular weight is 454 g/mol. The Hall–Kier alpha value is -3.09. The van der Waals surface area contributed by atoms with Crippen LogP contribution in [0.1, 0.15) is 55.3 Å². The summed E-state index contributed by atoms with van der Waals surface area (Å²) in [6.45, 7) is 3.66. The predicted octanol–water partition coefficient (Wildman–Crippen LogP) is 4.79. The number of fused-ring (bicyclic) bond motifs is 1. The van der Waals surface area contributed by atoms with E-state index in [-0.39, 0.29) is 30.0 Å². The molecule has 0 bridgehead atoms. The van der Waals surface area contributed by atoms with Gasteiger partial charge in [-0.3, -0.25) is 0 Å². The maximum Gasteiger partial charge on any atom is 0.407 e. The Bertz CT molecular complexity index is 960. The van der Waals surface area contributed by atoms with E-state index in [1.165, 1.54) is 17.7 Å². The number of rotatable bonds is 7. The highest BCUT2D eigenvalue weighted by molar-refractivity contribution is 5.76. The number of nitrogens with one attached hydrogen (secondary N) is 2. The van der Waals surface area contributed by atoms with Crippen LogP contribution in [0.3, 0.4) is 0 Å². The minimum Gasteiger partial charge on any atom is -0.450 e. The number of ether oxygens (including phenoxy) is 1. The second-order valence-corrected chi connectivity index (χ2v) is 8.95. The van der Waals surface area contributed by atoms with Gasteiger partial charge in [0.1, 0.15) is 5.82 Å². The highest BCUT2D eigenvalue weighted by Gasteiger charge is 2.36. The van der Waals surface area contributed by atoms with E-state index in [0.29, 0.717) is 25.6 Å². The lowest BCUT2D eigenvalue weighted by Crippen LogP contribution is -2.53. The van der Waals surface area contributed by atoms with E-state index in [4.69, 9.17) is 4.74 Å². The molecule has 2 aromatic carbocycles. The first-order valence-electron chi connectivity index (χ1n) is 11.9. The number of benzene rings is 2. The number of alkyl carbamates (subject to hydrolysis) is 1. The van der Waals surface area contributed by atoms with Crippen molar-refractivity contribution in [1.82, 2.24) is 15.5 Å². The fourth-order valence-electron chi connectivity index (χ4n) is 4.66. The first-order chi connectivity index (χ1) is 16.0. The average Bonchev–Trinajstić information content (AvgIpc) is 2.80. The minimum absolute atomic E-state index is 0.0893. The van der Waals surface area contributed by atoms with Crippen LogP contribution in [-0.4, -0.2) is 42.8 Å². The standard InChI is InChI=1S/C26H32FN3O3/c1-2-3-14-33-26(32)28-17-18-15-22(16-18)29-25(31)30-13-12-19-6-4-5-7-23(19)24(30)20-8-10-21(27)11-9-20/h4-11,18,22,24H,2-3,12-17H2,1H3,(H,28,32)(H,29,31)/t18-,22+,24-/m0/s1. The van der Waals surface area contributed by atoms with Crippen molar-refractivity contribution in [3.05, 3.63) is 71.0 Å². The van der Waals surface area contributed by atoms with Gasteiger partial charge in [0.25, 0.3) is 0 Å². The van der Waals surface area contributed by atoms with Gasteiger partial charge in [-0.1, -0.05) is 49.7 Å². The maximum absolute atomic E-state index is 13.5. The number of carbonyl (C=O) groups excluding carboxylic acids is 2. The molecule has 176 valence electrons. The van der Waals surface area contributed by atoms with Crippen molar-refractivity contribution in [2.75, 3.05) is 19.7 Å². The summed E-state index contributed by atoms with van der Waals surface area (Å²) in [6.07, 6.45) is 3.93. The van der Waals surface area contributed by atoms with Gasteiger partial charge < -0.3 is 20.3 Å². The van der Waals surface area contributed by atoms with E-state index in [9.17, 15) is 14.0 Å². The summed E-state index contributed by atoms with van der Waals surface area (Å²) in [5, 5.41) is 5.97. The smallest absolute Gasteiger partial charge is 0.407 e. The summed E-state index contributed by atoms with van der Waals surface area (Å²) in [5.41, 5.74) is 3.20. The lowest BCUT2D eigenvalue weighted by Gasteiger charge is -2.41. The Balaban J connectivity index is 1.33. The number of carbonyl (C=O) groups is 2. The lowest BCUT2D eigenvalue weighted by atomic mass is 9.80. The van der Waals surface area contributed by atoms with E-state index in [0.717, 1.165) is 43.2 Å². The molecule has 1 atom stereocenters. The highest BCUT2D eigenvalue weighted by Crippen LogP contribution is 2.36. The van der Waals surface area contributed by atoms with Gasteiger partial charge in [-0.25, -0.2) is 14.0 Å².